The lowest BCUT2D eigenvalue weighted by Gasteiger charge is -2.35. The van der Waals surface area contributed by atoms with Crippen molar-refractivity contribution in [2.24, 2.45) is 7.05 Å². The van der Waals surface area contributed by atoms with E-state index in [2.05, 4.69) is 15.0 Å². The number of aromatic nitrogens is 4. The number of ether oxygens (including phenoxy) is 2. The van der Waals surface area contributed by atoms with Gasteiger partial charge in [0.1, 0.15) is 24.0 Å². The lowest BCUT2D eigenvalue weighted by Crippen LogP contribution is -2.41. The predicted molar refractivity (Wildman–Crippen MR) is 104 cm³/mol. The van der Waals surface area contributed by atoms with E-state index in [0.717, 1.165) is 0 Å². The summed E-state index contributed by atoms with van der Waals surface area (Å²) in [6.07, 6.45) is 2.59. The van der Waals surface area contributed by atoms with Crippen LogP contribution >= 0.6 is 0 Å². The molecule has 0 aliphatic carbocycles. The van der Waals surface area contributed by atoms with Gasteiger partial charge in [-0.1, -0.05) is 0 Å². The summed E-state index contributed by atoms with van der Waals surface area (Å²) in [6, 6.07) is 7.48. The average molecular weight is 397 g/mol. The van der Waals surface area contributed by atoms with E-state index in [0.29, 0.717) is 48.3 Å². The average Bonchev–Trinajstić information content (AvgIpc) is 2.76. The summed E-state index contributed by atoms with van der Waals surface area (Å²) in [5, 5.41) is 0. The molecule has 29 heavy (non-hydrogen) atoms. The maximum absolute atomic E-state index is 13.8. The number of benzene rings is 1. The van der Waals surface area contributed by atoms with Crippen LogP contribution in [0.1, 0.15) is 11.7 Å². The van der Waals surface area contributed by atoms with Crippen LogP contribution in [0.5, 0.6) is 5.75 Å². The highest BCUT2D eigenvalue weighted by Crippen LogP contribution is 2.32. The lowest BCUT2D eigenvalue weighted by molar-refractivity contribution is 0.0372. The van der Waals surface area contributed by atoms with Crippen LogP contribution in [0.2, 0.25) is 0 Å². The van der Waals surface area contributed by atoms with Crippen molar-refractivity contribution in [3.63, 3.8) is 0 Å². The van der Waals surface area contributed by atoms with Gasteiger partial charge in [-0.3, -0.25) is 9.36 Å². The maximum Gasteiger partial charge on any atom is 0.255 e. The Morgan fingerprint density at radius 2 is 2.10 bits per heavy atom. The number of methoxy groups -OCH3 is 1. The van der Waals surface area contributed by atoms with Gasteiger partial charge in [-0.15, -0.1) is 0 Å². The molecule has 1 fully saturated rings. The van der Waals surface area contributed by atoms with Crippen LogP contribution < -0.4 is 15.2 Å². The second kappa shape index (κ2) is 7.96. The van der Waals surface area contributed by atoms with E-state index >= 15 is 0 Å². The topological polar surface area (TPSA) is 82.4 Å². The zero-order valence-electron chi connectivity index (χ0n) is 16.1. The molecule has 0 N–H and O–H groups in total. The summed E-state index contributed by atoms with van der Waals surface area (Å²) in [5.41, 5.74) is 1.46. The third-order valence-electron chi connectivity index (χ3n) is 4.84. The van der Waals surface area contributed by atoms with Crippen LogP contribution in [0, 0.1) is 5.82 Å². The quantitative estimate of drug-likeness (QED) is 0.666. The molecule has 1 atom stereocenters. The molecule has 1 saturated heterocycles. The van der Waals surface area contributed by atoms with Crippen molar-refractivity contribution in [1.29, 1.82) is 0 Å². The minimum Gasteiger partial charge on any atom is -0.496 e. The minimum atomic E-state index is -0.422. The molecule has 9 heteroatoms. The largest absolute Gasteiger partial charge is 0.496 e. The Balaban J connectivity index is 1.69. The summed E-state index contributed by atoms with van der Waals surface area (Å²) in [7, 11) is 3.20. The molecule has 8 nitrogen and oxygen atoms in total. The molecule has 0 spiro atoms. The number of morpholine rings is 1. The van der Waals surface area contributed by atoms with E-state index in [1.165, 1.54) is 36.2 Å². The van der Waals surface area contributed by atoms with Crippen LogP contribution in [0.25, 0.3) is 11.4 Å². The van der Waals surface area contributed by atoms with Gasteiger partial charge >= 0.3 is 0 Å². The highest BCUT2D eigenvalue weighted by Gasteiger charge is 2.27. The summed E-state index contributed by atoms with van der Waals surface area (Å²) in [6.45, 7) is 1.34. The zero-order chi connectivity index (χ0) is 20.4. The fraction of sp³-hybridized carbons (Fsp3) is 0.300. The fourth-order valence-electron chi connectivity index (χ4n) is 3.36. The van der Waals surface area contributed by atoms with Gasteiger partial charge < -0.3 is 14.4 Å². The van der Waals surface area contributed by atoms with E-state index in [-0.39, 0.29) is 11.4 Å². The van der Waals surface area contributed by atoms with Crippen LogP contribution in [-0.2, 0) is 11.8 Å². The lowest BCUT2D eigenvalue weighted by atomic mass is 10.1. The third kappa shape index (κ3) is 3.81. The van der Waals surface area contributed by atoms with Crippen molar-refractivity contribution < 1.29 is 13.9 Å². The normalized spacial score (nSPS) is 16.7. The van der Waals surface area contributed by atoms with E-state index in [1.54, 1.807) is 25.4 Å². The summed E-state index contributed by atoms with van der Waals surface area (Å²) < 4.78 is 26.5. The Bertz CT molecular complexity index is 1070. The van der Waals surface area contributed by atoms with Crippen LogP contribution in [-0.4, -0.2) is 46.3 Å². The zero-order valence-corrected chi connectivity index (χ0v) is 16.1. The first-order chi connectivity index (χ1) is 14.1. The Morgan fingerprint density at radius 1 is 1.24 bits per heavy atom. The highest BCUT2D eigenvalue weighted by molar-refractivity contribution is 5.55. The molecule has 4 rings (SSSR count). The fourth-order valence-corrected chi connectivity index (χ4v) is 3.36. The van der Waals surface area contributed by atoms with Gasteiger partial charge in [0, 0.05) is 31.4 Å². The maximum atomic E-state index is 13.8. The molecule has 1 unspecified atom stereocenters. The van der Waals surface area contributed by atoms with E-state index in [9.17, 15) is 9.18 Å². The van der Waals surface area contributed by atoms with Gasteiger partial charge in [-0.05, 0) is 24.3 Å². The van der Waals surface area contributed by atoms with Crippen molar-refractivity contribution in [1.82, 2.24) is 19.5 Å². The first kappa shape index (κ1) is 19.0. The number of anilines is 1. The first-order valence-corrected chi connectivity index (χ1v) is 9.11. The minimum absolute atomic E-state index is 0.199. The molecule has 3 aromatic rings. The second-order valence-corrected chi connectivity index (χ2v) is 6.62. The van der Waals surface area contributed by atoms with Crippen LogP contribution in [0.4, 0.5) is 10.3 Å². The number of nitrogens with zero attached hydrogens (tertiary/aromatic N) is 5. The second-order valence-electron chi connectivity index (χ2n) is 6.62. The van der Waals surface area contributed by atoms with E-state index in [4.69, 9.17) is 9.47 Å². The Labute approximate surface area is 166 Å². The molecule has 1 aliphatic rings. The van der Waals surface area contributed by atoms with Crippen molar-refractivity contribution in [2.75, 3.05) is 31.7 Å². The van der Waals surface area contributed by atoms with Gasteiger partial charge in [0.15, 0.2) is 0 Å². The number of hydrogen-bond acceptors (Lipinski definition) is 7. The van der Waals surface area contributed by atoms with Crippen molar-refractivity contribution in [3.8, 4) is 17.1 Å². The Morgan fingerprint density at radius 3 is 2.86 bits per heavy atom. The van der Waals surface area contributed by atoms with Gasteiger partial charge in [0.05, 0.1) is 31.6 Å². The molecule has 1 aromatic carbocycles. The summed E-state index contributed by atoms with van der Waals surface area (Å²) >= 11 is 0. The summed E-state index contributed by atoms with van der Waals surface area (Å²) in [4.78, 5) is 27.2. The molecule has 0 amide bonds. The van der Waals surface area contributed by atoms with E-state index in [1.807, 2.05) is 4.90 Å². The van der Waals surface area contributed by atoms with Crippen molar-refractivity contribution >= 4 is 5.95 Å². The molecule has 2 aromatic heterocycles. The number of rotatable bonds is 4. The van der Waals surface area contributed by atoms with Gasteiger partial charge in [0.2, 0.25) is 5.95 Å². The smallest absolute Gasteiger partial charge is 0.255 e. The van der Waals surface area contributed by atoms with Gasteiger partial charge in [0.25, 0.3) is 5.56 Å². The first-order valence-electron chi connectivity index (χ1n) is 9.11. The standard InChI is InChI=1S/C20H20FN5O3/c1-25-19(27)10-16(15-5-6-22-12-23-15)24-20(25)26-7-8-29-18(11-26)14-9-13(21)3-4-17(14)28-2/h3-6,9-10,12,18H,7-8,11H2,1-2H3. The van der Waals surface area contributed by atoms with Gasteiger partial charge in [-0.25, -0.2) is 19.3 Å². The monoisotopic (exact) mass is 397 g/mol. The highest BCUT2D eigenvalue weighted by atomic mass is 19.1. The van der Waals surface area contributed by atoms with Crippen molar-refractivity contribution in [3.05, 3.63) is 64.6 Å². The van der Waals surface area contributed by atoms with Gasteiger partial charge in [-0.2, -0.15) is 0 Å². The molecule has 1 aliphatic heterocycles. The molecule has 0 bridgehead atoms. The molecule has 0 radical (unpaired) electrons. The predicted octanol–water partition coefficient (Wildman–Crippen LogP) is 1.96. The molecule has 150 valence electrons. The molecular weight excluding hydrogens is 377 g/mol. The third-order valence-corrected chi connectivity index (χ3v) is 4.84. The number of hydrogen-bond donors (Lipinski definition) is 0. The summed E-state index contributed by atoms with van der Waals surface area (Å²) in [5.74, 6) is 0.683. The Hall–Kier alpha value is -3.33. The molecular formula is C20H20FN5O3. The molecule has 3 heterocycles. The van der Waals surface area contributed by atoms with Crippen molar-refractivity contribution in [2.45, 2.75) is 6.10 Å². The number of halogens is 1. The SMILES string of the molecule is COc1ccc(F)cc1C1CN(c2nc(-c3ccncn3)cc(=O)n2C)CCO1. The van der Waals surface area contributed by atoms with Crippen LogP contribution in [0.15, 0.2) is 47.7 Å². The Kier molecular flexibility index (Phi) is 5.22. The molecule has 0 saturated carbocycles. The van der Waals surface area contributed by atoms with E-state index < -0.39 is 6.10 Å². The van der Waals surface area contributed by atoms with Crippen LogP contribution in [0.3, 0.4) is 0 Å².